The lowest BCUT2D eigenvalue weighted by atomic mass is 10.1. The number of hydrogen-bond acceptors (Lipinski definition) is 6. The SMILES string of the molecule is Cn1cc(CN2CCC(c3nc(N)c4[nH]cnc4n3)C2)cn1. The van der Waals surface area contributed by atoms with Crippen molar-refractivity contribution >= 4 is 17.0 Å². The Kier molecular flexibility index (Phi) is 3.04. The van der Waals surface area contributed by atoms with E-state index >= 15 is 0 Å². The van der Waals surface area contributed by atoms with Crippen LogP contribution >= 0.6 is 0 Å². The van der Waals surface area contributed by atoms with Gasteiger partial charge in [-0.3, -0.25) is 9.58 Å². The Hall–Kier alpha value is -2.48. The molecule has 1 atom stereocenters. The topological polar surface area (TPSA) is 102 Å². The number of hydrogen-bond donors (Lipinski definition) is 2. The minimum atomic E-state index is 0.306. The van der Waals surface area contributed by atoms with Crippen molar-refractivity contribution in [3.63, 3.8) is 0 Å². The van der Waals surface area contributed by atoms with E-state index in [4.69, 9.17) is 5.73 Å². The van der Waals surface area contributed by atoms with Crippen LogP contribution < -0.4 is 5.73 Å². The Bertz CT molecular complexity index is 804. The molecule has 0 saturated carbocycles. The zero-order valence-corrected chi connectivity index (χ0v) is 12.4. The molecule has 0 bridgehead atoms. The molecule has 114 valence electrons. The fraction of sp³-hybridized carbons (Fsp3) is 0.429. The van der Waals surface area contributed by atoms with Crippen LogP contribution in [0.3, 0.4) is 0 Å². The van der Waals surface area contributed by atoms with E-state index in [9.17, 15) is 0 Å². The van der Waals surface area contributed by atoms with Crippen molar-refractivity contribution < 1.29 is 0 Å². The number of aromatic amines is 1. The number of nitrogens with one attached hydrogen (secondary N) is 1. The second kappa shape index (κ2) is 5.06. The van der Waals surface area contributed by atoms with E-state index in [1.54, 1.807) is 6.33 Å². The van der Waals surface area contributed by atoms with Gasteiger partial charge in [-0.05, 0) is 13.0 Å². The predicted molar refractivity (Wildman–Crippen MR) is 81.9 cm³/mol. The first-order valence-corrected chi connectivity index (χ1v) is 7.35. The number of H-pyrrole nitrogens is 1. The fourth-order valence-electron chi connectivity index (χ4n) is 3.05. The molecular formula is C14H18N8. The Labute approximate surface area is 127 Å². The van der Waals surface area contributed by atoms with Crippen LogP contribution in [0.15, 0.2) is 18.7 Å². The van der Waals surface area contributed by atoms with Gasteiger partial charge >= 0.3 is 0 Å². The molecule has 22 heavy (non-hydrogen) atoms. The number of aryl methyl sites for hydroxylation is 1. The van der Waals surface area contributed by atoms with Crippen molar-refractivity contribution in [1.82, 2.24) is 34.6 Å². The predicted octanol–water partition coefficient (Wildman–Crippen LogP) is 0.658. The van der Waals surface area contributed by atoms with Gasteiger partial charge in [0.05, 0.1) is 12.5 Å². The molecule has 1 aliphatic rings. The standard InChI is InChI=1S/C14H18N8/c1-21-5-9(4-18-21)6-22-3-2-10(7-22)13-19-12(15)11-14(20-13)17-8-16-11/h4-5,8,10H,2-3,6-7H2,1H3,(H3,15,16,17,19,20). The van der Waals surface area contributed by atoms with Crippen molar-refractivity contribution in [1.29, 1.82) is 0 Å². The maximum absolute atomic E-state index is 5.98. The normalized spacial score (nSPS) is 19.2. The van der Waals surface area contributed by atoms with E-state index in [2.05, 4.69) is 36.1 Å². The van der Waals surface area contributed by atoms with E-state index in [-0.39, 0.29) is 0 Å². The molecule has 4 rings (SSSR count). The number of nitrogen functional groups attached to an aromatic ring is 1. The molecule has 1 unspecified atom stereocenters. The molecule has 1 aliphatic heterocycles. The van der Waals surface area contributed by atoms with Crippen LogP contribution in [-0.2, 0) is 13.6 Å². The molecule has 0 radical (unpaired) electrons. The van der Waals surface area contributed by atoms with Gasteiger partial charge in [-0.25, -0.2) is 15.0 Å². The van der Waals surface area contributed by atoms with Crippen LogP contribution in [0.2, 0.25) is 0 Å². The van der Waals surface area contributed by atoms with E-state index in [0.29, 0.717) is 22.9 Å². The Morgan fingerprint density at radius 2 is 2.32 bits per heavy atom. The minimum absolute atomic E-state index is 0.306. The van der Waals surface area contributed by atoms with Crippen molar-refractivity contribution in [2.75, 3.05) is 18.8 Å². The Morgan fingerprint density at radius 3 is 3.14 bits per heavy atom. The number of likely N-dealkylation sites (tertiary alicyclic amines) is 1. The second-order valence-electron chi connectivity index (χ2n) is 5.81. The number of fused-ring (bicyclic) bond motifs is 1. The lowest BCUT2D eigenvalue weighted by Gasteiger charge is -2.14. The lowest BCUT2D eigenvalue weighted by molar-refractivity contribution is 0.325. The third-order valence-corrected chi connectivity index (χ3v) is 4.13. The molecule has 3 aromatic heterocycles. The van der Waals surface area contributed by atoms with Gasteiger partial charge in [0.25, 0.3) is 0 Å². The van der Waals surface area contributed by atoms with Gasteiger partial charge < -0.3 is 10.7 Å². The molecule has 1 fully saturated rings. The van der Waals surface area contributed by atoms with Gasteiger partial charge in [0, 0.05) is 37.8 Å². The summed E-state index contributed by atoms with van der Waals surface area (Å²) in [6, 6.07) is 0. The number of aromatic nitrogens is 6. The van der Waals surface area contributed by atoms with Crippen molar-refractivity contribution in [3.05, 3.63) is 30.1 Å². The summed E-state index contributed by atoms with van der Waals surface area (Å²) in [5, 5.41) is 4.21. The van der Waals surface area contributed by atoms with Crippen LogP contribution in [-0.4, -0.2) is 47.7 Å². The van der Waals surface area contributed by atoms with Crippen LogP contribution in [0.25, 0.3) is 11.2 Å². The highest BCUT2D eigenvalue weighted by atomic mass is 15.2. The fourth-order valence-corrected chi connectivity index (χ4v) is 3.05. The monoisotopic (exact) mass is 298 g/mol. The molecule has 3 aromatic rings. The first-order chi connectivity index (χ1) is 10.7. The van der Waals surface area contributed by atoms with Crippen LogP contribution in [0, 0.1) is 0 Å². The summed E-state index contributed by atoms with van der Waals surface area (Å²) < 4.78 is 1.83. The maximum atomic E-state index is 5.98. The molecule has 4 heterocycles. The molecule has 0 spiro atoms. The van der Waals surface area contributed by atoms with Gasteiger partial charge in [-0.2, -0.15) is 5.10 Å². The van der Waals surface area contributed by atoms with Gasteiger partial charge in [0.1, 0.15) is 11.3 Å². The number of anilines is 1. The van der Waals surface area contributed by atoms with Crippen LogP contribution in [0.5, 0.6) is 0 Å². The summed E-state index contributed by atoms with van der Waals surface area (Å²) in [6.07, 6.45) is 6.60. The maximum Gasteiger partial charge on any atom is 0.183 e. The highest BCUT2D eigenvalue weighted by Gasteiger charge is 2.27. The van der Waals surface area contributed by atoms with Gasteiger partial charge in [-0.1, -0.05) is 0 Å². The van der Waals surface area contributed by atoms with Crippen molar-refractivity contribution in [3.8, 4) is 0 Å². The molecule has 0 aliphatic carbocycles. The number of rotatable bonds is 3. The lowest BCUT2D eigenvalue weighted by Crippen LogP contribution is -2.20. The summed E-state index contributed by atoms with van der Waals surface area (Å²) in [5.41, 5.74) is 8.57. The third-order valence-electron chi connectivity index (χ3n) is 4.13. The molecule has 3 N–H and O–H groups in total. The summed E-state index contributed by atoms with van der Waals surface area (Å²) >= 11 is 0. The third kappa shape index (κ3) is 2.31. The van der Waals surface area contributed by atoms with Crippen LogP contribution in [0.1, 0.15) is 23.7 Å². The minimum Gasteiger partial charge on any atom is -0.382 e. The van der Waals surface area contributed by atoms with E-state index in [0.717, 1.165) is 31.9 Å². The summed E-state index contributed by atoms with van der Waals surface area (Å²) in [6.45, 7) is 2.87. The van der Waals surface area contributed by atoms with E-state index in [1.165, 1.54) is 5.56 Å². The number of imidazole rings is 1. The van der Waals surface area contributed by atoms with Gasteiger partial charge in [-0.15, -0.1) is 0 Å². The quantitative estimate of drug-likeness (QED) is 0.736. The average Bonchev–Trinajstić information content (AvgIpc) is 3.20. The van der Waals surface area contributed by atoms with E-state index < -0.39 is 0 Å². The van der Waals surface area contributed by atoms with Gasteiger partial charge in [0.15, 0.2) is 11.5 Å². The largest absolute Gasteiger partial charge is 0.382 e. The molecule has 0 aromatic carbocycles. The zero-order chi connectivity index (χ0) is 15.1. The summed E-state index contributed by atoms with van der Waals surface area (Å²) in [7, 11) is 1.94. The van der Waals surface area contributed by atoms with Crippen LogP contribution in [0.4, 0.5) is 5.82 Å². The van der Waals surface area contributed by atoms with Crippen molar-refractivity contribution in [2.24, 2.45) is 7.05 Å². The average molecular weight is 298 g/mol. The number of nitrogens with zero attached hydrogens (tertiary/aromatic N) is 6. The zero-order valence-electron chi connectivity index (χ0n) is 12.4. The molecule has 8 heteroatoms. The highest BCUT2D eigenvalue weighted by molar-refractivity contribution is 5.80. The van der Waals surface area contributed by atoms with Gasteiger partial charge in [0.2, 0.25) is 0 Å². The first kappa shape index (κ1) is 13.2. The Balaban J connectivity index is 1.51. The molecule has 0 amide bonds. The summed E-state index contributed by atoms with van der Waals surface area (Å²) in [4.78, 5) is 18.6. The first-order valence-electron chi connectivity index (χ1n) is 7.35. The Morgan fingerprint density at radius 1 is 1.41 bits per heavy atom. The molecule has 8 nitrogen and oxygen atoms in total. The second-order valence-corrected chi connectivity index (χ2v) is 5.81. The number of nitrogens with two attached hydrogens (primary N) is 1. The van der Waals surface area contributed by atoms with E-state index in [1.807, 2.05) is 17.9 Å². The smallest absolute Gasteiger partial charge is 0.183 e. The van der Waals surface area contributed by atoms with Crippen molar-refractivity contribution in [2.45, 2.75) is 18.9 Å². The molecular weight excluding hydrogens is 280 g/mol. The molecule has 1 saturated heterocycles. The highest BCUT2D eigenvalue weighted by Crippen LogP contribution is 2.27. The summed E-state index contributed by atoms with van der Waals surface area (Å²) in [5.74, 6) is 1.58.